The highest BCUT2D eigenvalue weighted by atomic mass is 16.7. The van der Waals surface area contributed by atoms with E-state index in [0.717, 1.165) is 51.7 Å². The van der Waals surface area contributed by atoms with E-state index < -0.39 is 5.97 Å². The van der Waals surface area contributed by atoms with E-state index in [0.29, 0.717) is 23.7 Å². The zero-order valence-corrected chi connectivity index (χ0v) is 15.8. The van der Waals surface area contributed by atoms with Crippen LogP contribution in [-0.2, 0) is 14.2 Å². The van der Waals surface area contributed by atoms with E-state index >= 15 is 0 Å². The molecule has 0 saturated carbocycles. The molecule has 1 aliphatic rings. The van der Waals surface area contributed by atoms with Crippen molar-refractivity contribution in [3.05, 3.63) is 23.8 Å². The Morgan fingerprint density at radius 2 is 1.88 bits per heavy atom. The fourth-order valence-electron chi connectivity index (χ4n) is 2.83. The Labute approximate surface area is 155 Å². The molecule has 1 saturated heterocycles. The second kappa shape index (κ2) is 11.8. The van der Waals surface area contributed by atoms with Gasteiger partial charge in [-0.15, -0.1) is 0 Å². The molecular formula is C20H30O6. The molecule has 1 fully saturated rings. The van der Waals surface area contributed by atoms with Gasteiger partial charge in [0.15, 0.2) is 17.8 Å². The van der Waals surface area contributed by atoms with Gasteiger partial charge in [0.25, 0.3) is 0 Å². The number of benzene rings is 1. The predicted molar refractivity (Wildman–Crippen MR) is 97.8 cm³/mol. The summed E-state index contributed by atoms with van der Waals surface area (Å²) in [6.07, 6.45) is 7.56. The van der Waals surface area contributed by atoms with Crippen molar-refractivity contribution in [2.45, 2.75) is 51.2 Å². The summed E-state index contributed by atoms with van der Waals surface area (Å²) in [5, 5.41) is 0. The molecule has 1 unspecified atom stereocenters. The lowest BCUT2D eigenvalue weighted by atomic mass is 10.2. The summed E-state index contributed by atoms with van der Waals surface area (Å²) in [7, 11) is 2.91. The van der Waals surface area contributed by atoms with E-state index in [1.807, 2.05) is 0 Å². The van der Waals surface area contributed by atoms with Crippen molar-refractivity contribution in [3.8, 4) is 11.5 Å². The average Bonchev–Trinajstić information content (AvgIpc) is 2.70. The number of hydrogen-bond acceptors (Lipinski definition) is 6. The number of carbonyl (C=O) groups is 1. The predicted octanol–water partition coefficient (Wildman–Crippen LogP) is 3.96. The van der Waals surface area contributed by atoms with Gasteiger partial charge in [-0.1, -0.05) is 6.42 Å². The Morgan fingerprint density at radius 1 is 1.08 bits per heavy atom. The van der Waals surface area contributed by atoms with Gasteiger partial charge in [-0.2, -0.15) is 0 Å². The summed E-state index contributed by atoms with van der Waals surface area (Å²) in [5.74, 6) is 0.780. The van der Waals surface area contributed by atoms with Crippen LogP contribution in [0.1, 0.15) is 55.3 Å². The van der Waals surface area contributed by atoms with Gasteiger partial charge in [-0.3, -0.25) is 0 Å². The van der Waals surface area contributed by atoms with Crippen molar-refractivity contribution < 1.29 is 28.5 Å². The van der Waals surface area contributed by atoms with Crippen molar-refractivity contribution in [1.82, 2.24) is 0 Å². The lowest BCUT2D eigenvalue weighted by Crippen LogP contribution is -2.22. The Morgan fingerprint density at radius 3 is 2.58 bits per heavy atom. The summed E-state index contributed by atoms with van der Waals surface area (Å²) >= 11 is 0. The second-order valence-corrected chi connectivity index (χ2v) is 6.29. The smallest absolute Gasteiger partial charge is 0.337 e. The number of unbranched alkanes of at least 4 members (excludes halogenated alkanes) is 3. The second-order valence-electron chi connectivity index (χ2n) is 6.29. The maximum Gasteiger partial charge on any atom is 0.337 e. The fourth-order valence-corrected chi connectivity index (χ4v) is 2.83. The molecule has 0 bridgehead atoms. The van der Waals surface area contributed by atoms with Crippen LogP contribution in [0.2, 0.25) is 0 Å². The van der Waals surface area contributed by atoms with E-state index in [2.05, 4.69) is 0 Å². The first-order chi connectivity index (χ1) is 12.7. The van der Waals surface area contributed by atoms with Crippen LogP contribution in [0, 0.1) is 0 Å². The molecule has 1 heterocycles. The van der Waals surface area contributed by atoms with Crippen molar-refractivity contribution in [2.75, 3.05) is 34.0 Å². The standard InChI is InChI=1S/C20H30O6/c1-22-18-15-16(20(21)23-2)10-11-17(18)24-12-6-3-4-7-13-25-19-9-5-8-14-26-19/h10-11,15,19H,3-9,12-14H2,1-2H3. The summed E-state index contributed by atoms with van der Waals surface area (Å²) < 4.78 is 27.0. The lowest BCUT2D eigenvalue weighted by molar-refractivity contribution is -0.162. The Hall–Kier alpha value is -1.79. The van der Waals surface area contributed by atoms with E-state index in [4.69, 9.17) is 23.7 Å². The van der Waals surface area contributed by atoms with Gasteiger partial charge < -0.3 is 23.7 Å². The number of ether oxygens (including phenoxy) is 5. The molecular weight excluding hydrogens is 336 g/mol. The molecule has 0 radical (unpaired) electrons. The highest BCUT2D eigenvalue weighted by Gasteiger charge is 2.13. The third kappa shape index (κ3) is 6.84. The molecule has 2 rings (SSSR count). The number of esters is 1. The maximum absolute atomic E-state index is 11.5. The lowest BCUT2D eigenvalue weighted by Gasteiger charge is -2.22. The summed E-state index contributed by atoms with van der Waals surface area (Å²) in [5.41, 5.74) is 0.443. The minimum atomic E-state index is -0.393. The van der Waals surface area contributed by atoms with Gasteiger partial charge in [-0.25, -0.2) is 4.79 Å². The van der Waals surface area contributed by atoms with Crippen LogP contribution in [-0.4, -0.2) is 46.3 Å². The third-order valence-electron chi connectivity index (χ3n) is 4.32. The van der Waals surface area contributed by atoms with Crippen molar-refractivity contribution in [3.63, 3.8) is 0 Å². The molecule has 0 amide bonds. The molecule has 146 valence electrons. The maximum atomic E-state index is 11.5. The minimum absolute atomic E-state index is 0.00695. The van der Waals surface area contributed by atoms with Crippen LogP contribution >= 0.6 is 0 Å². The number of rotatable bonds is 11. The molecule has 0 aromatic heterocycles. The van der Waals surface area contributed by atoms with Gasteiger partial charge in [0.1, 0.15) is 0 Å². The van der Waals surface area contributed by atoms with Crippen molar-refractivity contribution in [1.29, 1.82) is 0 Å². The van der Waals surface area contributed by atoms with Crippen LogP contribution in [0.25, 0.3) is 0 Å². The highest BCUT2D eigenvalue weighted by molar-refractivity contribution is 5.90. The van der Waals surface area contributed by atoms with E-state index in [1.165, 1.54) is 13.5 Å². The number of carbonyl (C=O) groups excluding carboxylic acids is 1. The normalized spacial score (nSPS) is 16.9. The van der Waals surface area contributed by atoms with Gasteiger partial charge >= 0.3 is 5.97 Å². The summed E-state index contributed by atoms with van der Waals surface area (Å²) in [6, 6.07) is 5.04. The quantitative estimate of drug-likeness (QED) is 0.436. The zero-order valence-electron chi connectivity index (χ0n) is 15.8. The van der Waals surface area contributed by atoms with Crippen LogP contribution in [0.3, 0.4) is 0 Å². The minimum Gasteiger partial charge on any atom is -0.493 e. The topological polar surface area (TPSA) is 63.2 Å². The van der Waals surface area contributed by atoms with E-state index in [1.54, 1.807) is 25.3 Å². The molecule has 26 heavy (non-hydrogen) atoms. The largest absolute Gasteiger partial charge is 0.493 e. The highest BCUT2D eigenvalue weighted by Crippen LogP contribution is 2.28. The fraction of sp³-hybridized carbons (Fsp3) is 0.650. The first-order valence-electron chi connectivity index (χ1n) is 9.37. The molecule has 1 atom stereocenters. The van der Waals surface area contributed by atoms with Crippen LogP contribution in [0.15, 0.2) is 18.2 Å². The van der Waals surface area contributed by atoms with Gasteiger partial charge in [0.05, 0.1) is 26.4 Å². The summed E-state index contributed by atoms with van der Waals surface area (Å²) in [6.45, 7) is 2.20. The Bertz CT molecular complexity index is 539. The van der Waals surface area contributed by atoms with Crippen molar-refractivity contribution in [2.24, 2.45) is 0 Å². The van der Waals surface area contributed by atoms with Gasteiger partial charge in [0, 0.05) is 13.2 Å². The van der Waals surface area contributed by atoms with Gasteiger partial charge in [0.2, 0.25) is 0 Å². The molecule has 6 nitrogen and oxygen atoms in total. The molecule has 1 aliphatic heterocycles. The molecule has 6 heteroatoms. The van der Waals surface area contributed by atoms with Crippen LogP contribution < -0.4 is 9.47 Å². The third-order valence-corrected chi connectivity index (χ3v) is 4.32. The molecule has 1 aromatic carbocycles. The average molecular weight is 366 g/mol. The molecule has 0 N–H and O–H groups in total. The number of hydrogen-bond donors (Lipinski definition) is 0. The summed E-state index contributed by atoms with van der Waals surface area (Å²) in [4.78, 5) is 11.5. The molecule has 0 spiro atoms. The monoisotopic (exact) mass is 366 g/mol. The van der Waals surface area contributed by atoms with E-state index in [-0.39, 0.29) is 6.29 Å². The zero-order chi connectivity index (χ0) is 18.6. The van der Waals surface area contributed by atoms with Gasteiger partial charge in [-0.05, 0) is 56.7 Å². The first-order valence-corrected chi connectivity index (χ1v) is 9.37. The van der Waals surface area contributed by atoms with Crippen molar-refractivity contribution >= 4 is 5.97 Å². The Balaban J connectivity index is 1.58. The Kier molecular flexibility index (Phi) is 9.28. The van der Waals surface area contributed by atoms with Crippen LogP contribution in [0.4, 0.5) is 0 Å². The molecule has 0 aliphatic carbocycles. The SMILES string of the molecule is COC(=O)c1ccc(OCCCCCCOC2CCCCO2)c(OC)c1. The number of methoxy groups -OCH3 is 2. The van der Waals surface area contributed by atoms with E-state index in [9.17, 15) is 4.79 Å². The first kappa shape index (κ1) is 20.5. The van der Waals surface area contributed by atoms with Crippen LogP contribution in [0.5, 0.6) is 11.5 Å². The molecule has 1 aromatic rings.